The van der Waals surface area contributed by atoms with Gasteiger partial charge in [0.1, 0.15) is 18.5 Å². The molecule has 26 heavy (non-hydrogen) atoms. The van der Waals surface area contributed by atoms with Gasteiger partial charge in [-0.15, -0.1) is 0 Å². The van der Waals surface area contributed by atoms with E-state index < -0.39 is 24.1 Å². The molecule has 1 aliphatic heterocycles. The fourth-order valence-electron chi connectivity index (χ4n) is 3.16. The first-order valence-electron chi connectivity index (χ1n) is 8.96. The summed E-state index contributed by atoms with van der Waals surface area (Å²) in [6.45, 7) is 7.29. The van der Waals surface area contributed by atoms with Crippen molar-refractivity contribution in [3.63, 3.8) is 0 Å². The van der Waals surface area contributed by atoms with Crippen LogP contribution in [-0.2, 0) is 23.9 Å². The van der Waals surface area contributed by atoms with E-state index in [1.54, 1.807) is 19.1 Å². The van der Waals surface area contributed by atoms with E-state index in [4.69, 9.17) is 9.47 Å². The molecule has 1 saturated heterocycles. The number of carbonyl (C=O) groups is 3. The minimum absolute atomic E-state index is 0.172. The van der Waals surface area contributed by atoms with Gasteiger partial charge in [-0.1, -0.05) is 26.5 Å². The van der Waals surface area contributed by atoms with Gasteiger partial charge in [-0.05, 0) is 36.5 Å². The summed E-state index contributed by atoms with van der Waals surface area (Å²) in [5.74, 6) is -1.80. The summed E-state index contributed by atoms with van der Waals surface area (Å²) in [5.41, 5.74) is 1.42. The summed E-state index contributed by atoms with van der Waals surface area (Å²) in [6.07, 6.45) is 4.78. The second-order valence-electron chi connectivity index (χ2n) is 6.83. The van der Waals surface area contributed by atoms with E-state index in [1.165, 1.54) is 0 Å². The number of ether oxygens (including phenoxy) is 2. The Morgan fingerprint density at radius 1 is 1.54 bits per heavy atom. The third kappa shape index (κ3) is 4.49. The van der Waals surface area contributed by atoms with Gasteiger partial charge in [-0.25, -0.2) is 4.79 Å². The van der Waals surface area contributed by atoms with Crippen molar-refractivity contribution >= 4 is 18.2 Å². The Morgan fingerprint density at radius 2 is 2.27 bits per heavy atom. The Bertz CT molecular complexity index is 645. The van der Waals surface area contributed by atoms with Crippen molar-refractivity contribution in [1.29, 1.82) is 0 Å². The number of fused-ring (bicyclic) bond motifs is 1. The van der Waals surface area contributed by atoms with Gasteiger partial charge < -0.3 is 14.6 Å². The van der Waals surface area contributed by atoms with Crippen LogP contribution in [0.4, 0.5) is 0 Å². The van der Waals surface area contributed by atoms with Gasteiger partial charge in [-0.3, -0.25) is 9.59 Å². The number of aldehydes is 1. The summed E-state index contributed by atoms with van der Waals surface area (Å²) < 4.78 is 11.1. The SMILES string of the molecule is C=C1C(=O)O[C@@H]2/C=C(/CO)CC/C=C(/C=O)C[C@H](OC(=O)C(C)CC)[C@@H]12. The van der Waals surface area contributed by atoms with E-state index >= 15 is 0 Å². The van der Waals surface area contributed by atoms with Crippen LogP contribution >= 0.6 is 0 Å². The van der Waals surface area contributed by atoms with Crippen molar-refractivity contribution in [1.82, 2.24) is 0 Å². The van der Waals surface area contributed by atoms with Gasteiger partial charge in [0, 0.05) is 12.0 Å². The molecule has 2 aliphatic rings. The lowest BCUT2D eigenvalue weighted by molar-refractivity contribution is -0.156. The molecule has 0 aromatic rings. The van der Waals surface area contributed by atoms with Crippen LogP contribution in [0.2, 0.25) is 0 Å². The molecule has 0 bridgehead atoms. The number of esters is 2. The van der Waals surface area contributed by atoms with Crippen LogP contribution in [0.3, 0.4) is 0 Å². The van der Waals surface area contributed by atoms with E-state index in [0.717, 1.165) is 6.29 Å². The van der Waals surface area contributed by atoms with Crippen molar-refractivity contribution < 1.29 is 29.0 Å². The highest BCUT2D eigenvalue weighted by atomic mass is 16.6. The van der Waals surface area contributed by atoms with Gasteiger partial charge >= 0.3 is 11.9 Å². The molecule has 0 amide bonds. The maximum absolute atomic E-state index is 12.3. The van der Waals surface area contributed by atoms with Crippen LogP contribution in [0, 0.1) is 11.8 Å². The predicted molar refractivity (Wildman–Crippen MR) is 95.0 cm³/mol. The van der Waals surface area contributed by atoms with Crippen LogP contribution in [-0.4, -0.2) is 42.1 Å². The first-order valence-corrected chi connectivity index (χ1v) is 8.96. The third-order valence-electron chi connectivity index (χ3n) is 5.01. The molecule has 4 atom stereocenters. The Kier molecular flexibility index (Phi) is 6.91. The van der Waals surface area contributed by atoms with Crippen LogP contribution in [0.25, 0.3) is 0 Å². The molecule has 1 unspecified atom stereocenters. The van der Waals surface area contributed by atoms with Crippen molar-refractivity contribution in [2.75, 3.05) is 6.61 Å². The van der Waals surface area contributed by atoms with Crippen molar-refractivity contribution in [3.8, 4) is 0 Å². The highest BCUT2D eigenvalue weighted by Crippen LogP contribution is 2.36. The lowest BCUT2D eigenvalue weighted by Crippen LogP contribution is -2.35. The molecule has 0 saturated carbocycles. The molecule has 6 nitrogen and oxygen atoms in total. The summed E-state index contributed by atoms with van der Waals surface area (Å²) in [7, 11) is 0. The molecular formula is C20H26O6. The average molecular weight is 362 g/mol. The molecular weight excluding hydrogens is 336 g/mol. The van der Waals surface area contributed by atoms with Crippen molar-refractivity contribution in [2.45, 2.75) is 51.7 Å². The predicted octanol–water partition coefficient (Wildman–Crippen LogP) is 2.27. The third-order valence-corrected chi connectivity index (χ3v) is 5.01. The summed E-state index contributed by atoms with van der Waals surface area (Å²) in [6, 6.07) is 0. The summed E-state index contributed by atoms with van der Waals surface area (Å²) in [5, 5.41) is 9.55. The lowest BCUT2D eigenvalue weighted by atomic mass is 9.85. The standard InChI is InChI=1S/C20H26O6/c1-4-12(2)19(23)25-16-8-14(10-21)6-5-7-15(11-22)9-17-18(16)13(3)20(24)26-17/h6,9-10,12,16-18,22H,3-5,7-8,11H2,1-2H3/b14-6+,15-9+/t12?,16-,17+,18+/m0/s1. The Labute approximate surface area is 153 Å². The molecule has 2 rings (SSSR count). The quantitative estimate of drug-likeness (QED) is 0.349. The van der Waals surface area contributed by atoms with E-state index in [1.807, 2.05) is 6.92 Å². The molecule has 0 aromatic heterocycles. The van der Waals surface area contributed by atoms with Gasteiger partial charge in [0.15, 0.2) is 0 Å². The topological polar surface area (TPSA) is 89.9 Å². The largest absolute Gasteiger partial charge is 0.461 e. The smallest absolute Gasteiger partial charge is 0.334 e. The van der Waals surface area contributed by atoms with Gasteiger partial charge in [0.05, 0.1) is 18.4 Å². The normalized spacial score (nSPS) is 31.6. The lowest BCUT2D eigenvalue weighted by Gasteiger charge is -2.28. The second-order valence-corrected chi connectivity index (χ2v) is 6.83. The minimum Gasteiger partial charge on any atom is -0.461 e. The molecule has 0 radical (unpaired) electrons. The highest BCUT2D eigenvalue weighted by molar-refractivity contribution is 5.91. The van der Waals surface area contributed by atoms with Crippen LogP contribution in [0.15, 0.2) is 35.5 Å². The van der Waals surface area contributed by atoms with E-state index in [2.05, 4.69) is 6.58 Å². The maximum atomic E-state index is 12.3. The van der Waals surface area contributed by atoms with E-state index in [-0.39, 0.29) is 30.5 Å². The fraction of sp³-hybridized carbons (Fsp3) is 0.550. The van der Waals surface area contributed by atoms with E-state index in [9.17, 15) is 19.5 Å². The monoisotopic (exact) mass is 362 g/mol. The van der Waals surface area contributed by atoms with E-state index in [0.29, 0.717) is 30.4 Å². The van der Waals surface area contributed by atoms with Crippen molar-refractivity contribution in [3.05, 3.63) is 35.5 Å². The molecule has 0 spiro atoms. The number of hydrogen-bond acceptors (Lipinski definition) is 6. The molecule has 0 aromatic carbocycles. The first-order chi connectivity index (χ1) is 12.4. The molecule has 1 fully saturated rings. The van der Waals surface area contributed by atoms with Gasteiger partial charge in [0.2, 0.25) is 0 Å². The van der Waals surface area contributed by atoms with Crippen LogP contribution in [0.5, 0.6) is 0 Å². The maximum Gasteiger partial charge on any atom is 0.334 e. The van der Waals surface area contributed by atoms with Crippen LogP contribution < -0.4 is 0 Å². The molecule has 1 aliphatic carbocycles. The average Bonchev–Trinajstić information content (AvgIpc) is 2.91. The number of aliphatic hydroxyl groups is 1. The fourth-order valence-corrected chi connectivity index (χ4v) is 3.16. The number of allylic oxidation sites excluding steroid dienone is 1. The molecule has 6 heteroatoms. The van der Waals surface area contributed by atoms with Gasteiger partial charge in [-0.2, -0.15) is 0 Å². The van der Waals surface area contributed by atoms with Crippen molar-refractivity contribution in [2.24, 2.45) is 11.8 Å². The first kappa shape index (κ1) is 20.1. The highest BCUT2D eigenvalue weighted by Gasteiger charge is 2.44. The number of hydrogen-bond donors (Lipinski definition) is 1. The summed E-state index contributed by atoms with van der Waals surface area (Å²) >= 11 is 0. The Balaban J connectivity index is 2.41. The Morgan fingerprint density at radius 3 is 2.88 bits per heavy atom. The second kappa shape index (κ2) is 8.94. The molecule has 142 valence electrons. The minimum atomic E-state index is -0.730. The zero-order valence-electron chi connectivity index (χ0n) is 15.3. The number of carbonyl (C=O) groups excluding carboxylic acids is 3. The Hall–Kier alpha value is -2.21. The molecule has 1 N–H and O–H groups in total. The summed E-state index contributed by atoms with van der Waals surface area (Å²) in [4.78, 5) is 35.9. The zero-order valence-corrected chi connectivity index (χ0v) is 15.3. The number of aliphatic hydroxyl groups excluding tert-OH is 1. The zero-order chi connectivity index (χ0) is 19.3. The molecule has 1 heterocycles. The van der Waals surface area contributed by atoms with Crippen LogP contribution in [0.1, 0.15) is 39.5 Å². The van der Waals surface area contributed by atoms with Gasteiger partial charge in [0.25, 0.3) is 0 Å². The number of rotatable bonds is 5.